The highest BCUT2D eigenvalue weighted by Crippen LogP contribution is 2.47. The van der Waals surface area contributed by atoms with Gasteiger partial charge in [0.05, 0.1) is 5.41 Å². The smallest absolute Gasteiger partial charge is 0.309 e. The van der Waals surface area contributed by atoms with E-state index < -0.39 is 11.4 Å². The highest BCUT2D eigenvalue weighted by Gasteiger charge is 2.44. The zero-order valence-corrected chi connectivity index (χ0v) is 13.1. The fourth-order valence-electron chi connectivity index (χ4n) is 3.34. The number of aryl methyl sites for hydroxylation is 2. The summed E-state index contributed by atoms with van der Waals surface area (Å²) < 4.78 is 0. The molecule has 1 saturated carbocycles. The first-order valence-corrected chi connectivity index (χ1v) is 7.54. The van der Waals surface area contributed by atoms with Crippen LogP contribution in [-0.2, 0) is 11.2 Å². The van der Waals surface area contributed by atoms with Gasteiger partial charge in [0.15, 0.2) is 0 Å². The van der Waals surface area contributed by atoms with E-state index in [1.807, 2.05) is 6.07 Å². The number of hydrogen-bond donors (Lipinski definition) is 1. The van der Waals surface area contributed by atoms with E-state index in [-0.39, 0.29) is 0 Å². The molecule has 1 aliphatic carbocycles. The molecule has 1 aromatic carbocycles. The summed E-state index contributed by atoms with van der Waals surface area (Å²) in [6, 6.07) is 6.22. The van der Waals surface area contributed by atoms with Crippen LogP contribution in [0.25, 0.3) is 0 Å². The Morgan fingerprint density at radius 3 is 2.05 bits per heavy atom. The monoisotopic (exact) mass is 274 g/mol. The van der Waals surface area contributed by atoms with Crippen molar-refractivity contribution in [1.29, 1.82) is 0 Å². The van der Waals surface area contributed by atoms with Crippen LogP contribution in [0.5, 0.6) is 0 Å². The van der Waals surface area contributed by atoms with Gasteiger partial charge in [-0.3, -0.25) is 4.79 Å². The molecule has 0 spiro atoms. The number of carboxylic acid groups (broad SMARTS) is 1. The predicted molar refractivity (Wildman–Crippen MR) is 81.9 cm³/mol. The Bertz CT molecular complexity index is 484. The number of carboxylic acids is 1. The standard InChI is InChI=1S/C18H26O2/c1-13-6-5-7-14(2)15(13)12-18(16(19)20)10-8-17(3,4)9-11-18/h5-7H,8-12H2,1-4H3,(H,19,20). The van der Waals surface area contributed by atoms with Crippen LogP contribution >= 0.6 is 0 Å². The van der Waals surface area contributed by atoms with Gasteiger partial charge >= 0.3 is 5.97 Å². The molecule has 0 amide bonds. The number of carbonyl (C=O) groups is 1. The van der Waals surface area contributed by atoms with Gasteiger partial charge < -0.3 is 5.11 Å². The fourth-order valence-corrected chi connectivity index (χ4v) is 3.34. The van der Waals surface area contributed by atoms with E-state index in [2.05, 4.69) is 39.8 Å². The van der Waals surface area contributed by atoms with Crippen molar-refractivity contribution in [2.75, 3.05) is 0 Å². The zero-order valence-electron chi connectivity index (χ0n) is 13.1. The first-order valence-electron chi connectivity index (χ1n) is 7.54. The van der Waals surface area contributed by atoms with Crippen molar-refractivity contribution in [2.24, 2.45) is 10.8 Å². The summed E-state index contributed by atoms with van der Waals surface area (Å²) >= 11 is 0. The maximum absolute atomic E-state index is 11.9. The average Bonchev–Trinajstić information content (AvgIpc) is 2.36. The lowest BCUT2D eigenvalue weighted by atomic mass is 9.62. The molecule has 20 heavy (non-hydrogen) atoms. The summed E-state index contributed by atoms with van der Waals surface area (Å²) in [6.07, 6.45) is 4.28. The highest BCUT2D eigenvalue weighted by atomic mass is 16.4. The van der Waals surface area contributed by atoms with Gasteiger partial charge in [-0.2, -0.15) is 0 Å². The second kappa shape index (κ2) is 5.23. The third-order valence-corrected chi connectivity index (χ3v) is 5.17. The molecule has 0 heterocycles. The second-order valence-corrected chi connectivity index (χ2v) is 7.30. The minimum absolute atomic E-state index is 0.291. The van der Waals surface area contributed by atoms with Gasteiger partial charge in [0, 0.05) is 0 Å². The van der Waals surface area contributed by atoms with Gasteiger partial charge in [0.1, 0.15) is 0 Å². The maximum Gasteiger partial charge on any atom is 0.309 e. The molecule has 0 saturated heterocycles. The van der Waals surface area contributed by atoms with Gasteiger partial charge in [0.2, 0.25) is 0 Å². The first kappa shape index (κ1) is 15.1. The summed E-state index contributed by atoms with van der Waals surface area (Å²) in [5.41, 5.74) is 3.40. The molecule has 2 heteroatoms. The minimum atomic E-state index is -0.615. The Hall–Kier alpha value is -1.31. The molecule has 0 atom stereocenters. The fraction of sp³-hybridized carbons (Fsp3) is 0.611. The third kappa shape index (κ3) is 2.89. The number of aliphatic carboxylic acids is 1. The molecule has 1 fully saturated rings. The van der Waals surface area contributed by atoms with Crippen molar-refractivity contribution < 1.29 is 9.90 Å². The molecule has 0 aromatic heterocycles. The van der Waals surface area contributed by atoms with Crippen LogP contribution in [0.3, 0.4) is 0 Å². The van der Waals surface area contributed by atoms with Crippen molar-refractivity contribution in [2.45, 2.75) is 59.8 Å². The number of hydrogen-bond acceptors (Lipinski definition) is 1. The summed E-state index contributed by atoms with van der Waals surface area (Å²) in [6.45, 7) is 8.67. The van der Waals surface area contributed by atoms with Crippen LogP contribution < -0.4 is 0 Å². The minimum Gasteiger partial charge on any atom is -0.481 e. The molecule has 0 bridgehead atoms. The molecule has 0 aliphatic heterocycles. The van der Waals surface area contributed by atoms with Crippen LogP contribution in [0.1, 0.15) is 56.2 Å². The summed E-state index contributed by atoms with van der Waals surface area (Å²) in [5.74, 6) is -0.615. The normalized spacial score (nSPS) is 20.6. The Labute approximate surface area is 122 Å². The van der Waals surface area contributed by atoms with E-state index in [4.69, 9.17) is 0 Å². The maximum atomic E-state index is 11.9. The van der Waals surface area contributed by atoms with Crippen molar-refractivity contribution in [3.63, 3.8) is 0 Å². The van der Waals surface area contributed by atoms with Gasteiger partial charge in [-0.15, -0.1) is 0 Å². The van der Waals surface area contributed by atoms with Crippen LogP contribution in [-0.4, -0.2) is 11.1 Å². The Kier molecular flexibility index (Phi) is 3.95. The lowest BCUT2D eigenvalue weighted by Gasteiger charge is -2.41. The van der Waals surface area contributed by atoms with Gasteiger partial charge in [-0.1, -0.05) is 32.0 Å². The Morgan fingerprint density at radius 2 is 1.60 bits per heavy atom. The quantitative estimate of drug-likeness (QED) is 0.880. The molecule has 1 N–H and O–H groups in total. The van der Waals surface area contributed by atoms with E-state index in [1.54, 1.807) is 0 Å². The zero-order chi connectivity index (χ0) is 15.0. The van der Waals surface area contributed by atoms with Gasteiger partial charge in [-0.05, 0) is 68.1 Å². The van der Waals surface area contributed by atoms with Gasteiger partial charge in [-0.25, -0.2) is 0 Å². The molecular weight excluding hydrogens is 248 g/mol. The largest absolute Gasteiger partial charge is 0.481 e. The van der Waals surface area contributed by atoms with Crippen LogP contribution in [0.15, 0.2) is 18.2 Å². The molecular formula is C18H26O2. The Morgan fingerprint density at radius 1 is 1.10 bits per heavy atom. The van der Waals surface area contributed by atoms with E-state index in [0.717, 1.165) is 25.7 Å². The van der Waals surface area contributed by atoms with Crippen molar-refractivity contribution >= 4 is 5.97 Å². The molecule has 110 valence electrons. The molecule has 1 aliphatic rings. The second-order valence-electron chi connectivity index (χ2n) is 7.30. The van der Waals surface area contributed by atoms with Crippen molar-refractivity contribution in [3.8, 4) is 0 Å². The Balaban J connectivity index is 2.30. The highest BCUT2D eigenvalue weighted by molar-refractivity contribution is 5.75. The molecule has 2 rings (SSSR count). The lowest BCUT2D eigenvalue weighted by Crippen LogP contribution is -2.39. The van der Waals surface area contributed by atoms with Crippen LogP contribution in [0.4, 0.5) is 0 Å². The lowest BCUT2D eigenvalue weighted by molar-refractivity contribution is -0.152. The average molecular weight is 274 g/mol. The van der Waals surface area contributed by atoms with Gasteiger partial charge in [0.25, 0.3) is 0 Å². The van der Waals surface area contributed by atoms with Crippen molar-refractivity contribution in [1.82, 2.24) is 0 Å². The molecule has 0 radical (unpaired) electrons. The SMILES string of the molecule is Cc1cccc(C)c1CC1(C(=O)O)CCC(C)(C)CC1. The summed E-state index contributed by atoms with van der Waals surface area (Å²) in [4.78, 5) is 11.9. The predicted octanol–water partition coefficient (Wildman–Crippen LogP) is 4.52. The topological polar surface area (TPSA) is 37.3 Å². The van der Waals surface area contributed by atoms with Crippen LogP contribution in [0, 0.1) is 24.7 Å². The third-order valence-electron chi connectivity index (χ3n) is 5.17. The summed E-state index contributed by atoms with van der Waals surface area (Å²) in [5, 5.41) is 9.80. The van der Waals surface area contributed by atoms with E-state index in [1.165, 1.54) is 16.7 Å². The first-order chi connectivity index (χ1) is 9.26. The van der Waals surface area contributed by atoms with E-state index >= 15 is 0 Å². The molecule has 1 aromatic rings. The van der Waals surface area contributed by atoms with E-state index in [9.17, 15) is 9.90 Å². The van der Waals surface area contributed by atoms with Crippen LogP contribution in [0.2, 0.25) is 0 Å². The number of rotatable bonds is 3. The molecule has 2 nitrogen and oxygen atoms in total. The van der Waals surface area contributed by atoms with E-state index in [0.29, 0.717) is 11.8 Å². The number of benzene rings is 1. The molecule has 0 unspecified atom stereocenters. The summed E-state index contributed by atoms with van der Waals surface area (Å²) in [7, 11) is 0. The van der Waals surface area contributed by atoms with Crippen molar-refractivity contribution in [3.05, 3.63) is 34.9 Å².